The fourth-order valence-corrected chi connectivity index (χ4v) is 2.84. The molecule has 98 valence electrons. The average Bonchev–Trinajstić information content (AvgIpc) is 3.20. The quantitative estimate of drug-likeness (QED) is 0.489. The number of fused-ring (bicyclic) bond motifs is 1. The number of benzene rings is 1. The summed E-state index contributed by atoms with van der Waals surface area (Å²) < 4.78 is 15.0. The lowest BCUT2D eigenvalue weighted by Gasteiger charge is -2.11. The van der Waals surface area contributed by atoms with Crippen molar-refractivity contribution >= 4 is 22.7 Å². The van der Waals surface area contributed by atoms with Gasteiger partial charge in [0.25, 0.3) is 5.56 Å². The van der Waals surface area contributed by atoms with Gasteiger partial charge in [-0.2, -0.15) is 0 Å². The summed E-state index contributed by atoms with van der Waals surface area (Å²) in [4.78, 5) is 16.9. The van der Waals surface area contributed by atoms with E-state index in [1.165, 1.54) is 30.0 Å². The molecule has 0 radical (unpaired) electrons. The third-order valence-corrected chi connectivity index (χ3v) is 4.02. The Bertz CT molecular complexity index is 706. The van der Waals surface area contributed by atoms with E-state index in [4.69, 9.17) is 0 Å². The fraction of sp³-hybridized carbons (Fsp3) is 0.286. The molecule has 0 N–H and O–H groups in total. The zero-order valence-corrected chi connectivity index (χ0v) is 11.1. The summed E-state index contributed by atoms with van der Waals surface area (Å²) >= 11 is 1.46. The molecule has 1 heterocycles. The van der Waals surface area contributed by atoms with Gasteiger partial charge in [-0.1, -0.05) is 17.8 Å². The number of nitrogens with zero attached hydrogens (tertiary/aromatic N) is 2. The Morgan fingerprint density at radius 2 is 2.32 bits per heavy atom. The largest absolute Gasteiger partial charge is 0.284 e. The van der Waals surface area contributed by atoms with Gasteiger partial charge in [-0.25, -0.2) is 9.37 Å². The van der Waals surface area contributed by atoms with E-state index in [0.717, 1.165) is 12.8 Å². The van der Waals surface area contributed by atoms with Crippen LogP contribution in [0.4, 0.5) is 4.39 Å². The minimum atomic E-state index is -0.372. The lowest BCUT2D eigenvalue weighted by atomic mass is 10.2. The molecule has 1 aromatic carbocycles. The number of thioether (sulfide) groups is 1. The third-order valence-electron chi connectivity index (χ3n) is 3.07. The highest BCUT2D eigenvalue weighted by Gasteiger charge is 2.28. The van der Waals surface area contributed by atoms with Gasteiger partial charge in [-0.05, 0) is 25.0 Å². The first-order chi connectivity index (χ1) is 9.20. The molecule has 19 heavy (non-hydrogen) atoms. The molecule has 5 heteroatoms. The van der Waals surface area contributed by atoms with E-state index in [2.05, 4.69) is 11.6 Å². The molecule has 0 atom stereocenters. The van der Waals surface area contributed by atoms with Crippen molar-refractivity contribution in [2.75, 3.05) is 5.75 Å². The van der Waals surface area contributed by atoms with Gasteiger partial charge in [-0.3, -0.25) is 9.36 Å². The van der Waals surface area contributed by atoms with Crippen LogP contribution in [0.1, 0.15) is 18.9 Å². The second kappa shape index (κ2) is 4.81. The molecule has 1 fully saturated rings. The Labute approximate surface area is 114 Å². The van der Waals surface area contributed by atoms with Gasteiger partial charge in [-0.15, -0.1) is 6.58 Å². The van der Waals surface area contributed by atoms with Crippen molar-refractivity contribution < 1.29 is 4.39 Å². The molecule has 1 aromatic heterocycles. The van der Waals surface area contributed by atoms with Gasteiger partial charge in [0.05, 0.1) is 10.9 Å². The Kier molecular flexibility index (Phi) is 3.14. The van der Waals surface area contributed by atoms with Crippen molar-refractivity contribution in [2.24, 2.45) is 0 Å². The van der Waals surface area contributed by atoms with Crippen molar-refractivity contribution in [3.8, 4) is 0 Å². The summed E-state index contributed by atoms with van der Waals surface area (Å²) in [5, 5.41) is 1.14. The van der Waals surface area contributed by atoms with Gasteiger partial charge in [0.15, 0.2) is 5.16 Å². The number of rotatable bonds is 4. The zero-order valence-electron chi connectivity index (χ0n) is 10.3. The highest BCUT2D eigenvalue weighted by molar-refractivity contribution is 7.99. The molecule has 0 unspecified atom stereocenters. The number of hydrogen-bond acceptors (Lipinski definition) is 3. The van der Waals surface area contributed by atoms with Crippen molar-refractivity contribution in [2.45, 2.75) is 24.0 Å². The maximum Gasteiger partial charge on any atom is 0.262 e. The standard InChI is InChI=1S/C14H13FN2OS/c1-2-7-19-14-16-12-8-9(15)3-6-11(12)13(18)17(14)10-4-5-10/h2-3,6,8,10H,1,4-5,7H2. The maximum absolute atomic E-state index is 13.3. The summed E-state index contributed by atoms with van der Waals surface area (Å²) in [6.45, 7) is 3.67. The SMILES string of the molecule is C=CCSc1nc2cc(F)ccc2c(=O)n1C1CC1. The first-order valence-corrected chi connectivity index (χ1v) is 7.15. The lowest BCUT2D eigenvalue weighted by Crippen LogP contribution is -2.22. The molecule has 0 spiro atoms. The number of aromatic nitrogens is 2. The minimum absolute atomic E-state index is 0.0703. The Morgan fingerprint density at radius 1 is 1.53 bits per heavy atom. The highest BCUT2D eigenvalue weighted by Crippen LogP contribution is 2.36. The zero-order chi connectivity index (χ0) is 13.4. The Hall–Kier alpha value is -1.62. The van der Waals surface area contributed by atoms with Gasteiger partial charge < -0.3 is 0 Å². The predicted octanol–water partition coefficient (Wildman–Crippen LogP) is 3.15. The highest BCUT2D eigenvalue weighted by atomic mass is 32.2. The predicted molar refractivity (Wildman–Crippen MR) is 75.2 cm³/mol. The Morgan fingerprint density at radius 3 is 3.00 bits per heavy atom. The average molecular weight is 276 g/mol. The van der Waals surface area contributed by atoms with Gasteiger partial charge in [0.1, 0.15) is 5.82 Å². The monoisotopic (exact) mass is 276 g/mol. The van der Waals surface area contributed by atoms with Crippen molar-refractivity contribution in [1.29, 1.82) is 0 Å². The van der Waals surface area contributed by atoms with Crippen LogP contribution in [0.25, 0.3) is 10.9 Å². The van der Waals surface area contributed by atoms with Crippen LogP contribution in [0.15, 0.2) is 40.8 Å². The fourth-order valence-electron chi connectivity index (χ4n) is 2.04. The van der Waals surface area contributed by atoms with Crippen LogP contribution in [0.5, 0.6) is 0 Å². The van der Waals surface area contributed by atoms with E-state index in [1.807, 2.05) is 0 Å². The molecule has 0 saturated heterocycles. The topological polar surface area (TPSA) is 34.9 Å². The molecule has 0 aliphatic heterocycles. The second-order valence-corrected chi connectivity index (χ2v) is 5.55. The van der Waals surface area contributed by atoms with Crippen LogP contribution < -0.4 is 5.56 Å². The van der Waals surface area contributed by atoms with Gasteiger partial charge in [0.2, 0.25) is 0 Å². The van der Waals surface area contributed by atoms with Crippen molar-refractivity contribution in [3.05, 3.63) is 47.0 Å². The smallest absolute Gasteiger partial charge is 0.262 e. The van der Waals surface area contributed by atoms with Gasteiger partial charge >= 0.3 is 0 Å². The van der Waals surface area contributed by atoms with Crippen LogP contribution in [0, 0.1) is 5.82 Å². The van der Waals surface area contributed by atoms with Crippen molar-refractivity contribution in [3.63, 3.8) is 0 Å². The maximum atomic E-state index is 13.3. The van der Waals surface area contributed by atoms with E-state index in [1.54, 1.807) is 10.6 Å². The molecule has 1 aliphatic carbocycles. The Balaban J connectivity index is 2.23. The molecular weight excluding hydrogens is 263 g/mol. The number of halogens is 1. The van der Waals surface area contributed by atoms with E-state index in [9.17, 15) is 9.18 Å². The van der Waals surface area contributed by atoms with E-state index in [-0.39, 0.29) is 17.4 Å². The third kappa shape index (κ3) is 2.30. The summed E-state index contributed by atoms with van der Waals surface area (Å²) in [6, 6.07) is 4.38. The molecular formula is C14H13FN2OS. The summed E-state index contributed by atoms with van der Waals surface area (Å²) in [6.07, 6.45) is 3.79. The molecule has 0 amide bonds. The summed E-state index contributed by atoms with van der Waals surface area (Å²) in [5.74, 6) is 0.309. The van der Waals surface area contributed by atoms with Crippen LogP contribution >= 0.6 is 11.8 Å². The van der Waals surface area contributed by atoms with Crippen LogP contribution in [-0.2, 0) is 0 Å². The van der Waals surface area contributed by atoms with Crippen LogP contribution in [0.2, 0.25) is 0 Å². The van der Waals surface area contributed by atoms with E-state index < -0.39 is 0 Å². The van der Waals surface area contributed by atoms with Gasteiger partial charge in [0, 0.05) is 17.9 Å². The van der Waals surface area contributed by atoms with Crippen LogP contribution in [0.3, 0.4) is 0 Å². The molecule has 3 rings (SSSR count). The molecule has 0 bridgehead atoms. The first kappa shape index (κ1) is 12.4. The summed E-state index contributed by atoms with van der Waals surface area (Å²) in [7, 11) is 0. The first-order valence-electron chi connectivity index (χ1n) is 6.16. The minimum Gasteiger partial charge on any atom is -0.284 e. The molecule has 1 saturated carbocycles. The van der Waals surface area contributed by atoms with Crippen molar-refractivity contribution in [1.82, 2.24) is 9.55 Å². The number of hydrogen-bond donors (Lipinski definition) is 0. The lowest BCUT2D eigenvalue weighted by molar-refractivity contribution is 0.613. The molecule has 2 aromatic rings. The normalized spacial score (nSPS) is 14.8. The van der Waals surface area contributed by atoms with E-state index >= 15 is 0 Å². The van der Waals surface area contributed by atoms with Crippen LogP contribution in [-0.4, -0.2) is 15.3 Å². The molecule has 3 nitrogen and oxygen atoms in total. The second-order valence-electron chi connectivity index (χ2n) is 4.56. The summed E-state index contributed by atoms with van der Waals surface area (Å²) in [5.41, 5.74) is 0.354. The van der Waals surface area contributed by atoms with E-state index in [0.29, 0.717) is 21.8 Å². The molecule has 1 aliphatic rings.